The Balaban J connectivity index is 1.61. The average Bonchev–Trinajstić information content (AvgIpc) is 2.85. The summed E-state index contributed by atoms with van der Waals surface area (Å²) in [6, 6.07) is 12.4. The second-order valence-corrected chi connectivity index (χ2v) is 5.48. The minimum absolute atomic E-state index is 0.153. The van der Waals surface area contributed by atoms with Crippen molar-refractivity contribution in [1.82, 2.24) is 10.4 Å². The Labute approximate surface area is 147 Å². The van der Waals surface area contributed by atoms with Gasteiger partial charge in [0.05, 0.1) is 21.7 Å². The van der Waals surface area contributed by atoms with Gasteiger partial charge in [-0.3, -0.25) is 14.4 Å². The van der Waals surface area contributed by atoms with Crippen molar-refractivity contribution in [3.8, 4) is 0 Å². The third kappa shape index (κ3) is 3.22. The summed E-state index contributed by atoms with van der Waals surface area (Å²) in [6.07, 6.45) is 0. The third-order valence-corrected chi connectivity index (χ3v) is 3.79. The maximum atomic E-state index is 12.1. The first kappa shape index (κ1) is 16.7. The fourth-order valence-electron chi connectivity index (χ4n) is 2.28. The monoisotopic (exact) mass is 358 g/mol. The molecule has 3 amide bonds. The third-order valence-electron chi connectivity index (χ3n) is 3.46. The number of amides is 3. The number of rotatable bonds is 4. The summed E-state index contributed by atoms with van der Waals surface area (Å²) in [7, 11) is 0. The lowest BCUT2D eigenvalue weighted by molar-refractivity contribution is -0.167. The average molecular weight is 359 g/mol. The fourth-order valence-corrected chi connectivity index (χ4v) is 2.50. The Kier molecular flexibility index (Phi) is 4.49. The minimum atomic E-state index is -0.963. The summed E-state index contributed by atoms with van der Waals surface area (Å²) in [6.45, 7) is -0.530. The highest BCUT2D eigenvalue weighted by Crippen LogP contribution is 2.22. The molecule has 0 unspecified atom stereocenters. The van der Waals surface area contributed by atoms with Gasteiger partial charge < -0.3 is 10.2 Å². The molecule has 1 N–H and O–H groups in total. The van der Waals surface area contributed by atoms with E-state index in [1.54, 1.807) is 24.3 Å². The van der Waals surface area contributed by atoms with E-state index in [4.69, 9.17) is 16.4 Å². The molecule has 0 fully saturated rings. The number of nitrogens with zero attached hydrogens (tertiary/aromatic N) is 1. The van der Waals surface area contributed by atoms with E-state index in [-0.39, 0.29) is 21.7 Å². The van der Waals surface area contributed by atoms with Gasteiger partial charge in [0, 0.05) is 0 Å². The molecule has 8 heteroatoms. The van der Waals surface area contributed by atoms with Gasteiger partial charge in [-0.1, -0.05) is 40.9 Å². The molecule has 0 saturated heterocycles. The highest BCUT2D eigenvalue weighted by atomic mass is 35.5. The van der Waals surface area contributed by atoms with Crippen LogP contribution in [0.2, 0.25) is 5.02 Å². The Hall–Kier alpha value is -3.19. The summed E-state index contributed by atoms with van der Waals surface area (Å²) in [5.41, 5.74) is 0.499. The Morgan fingerprint density at radius 2 is 1.52 bits per heavy atom. The molecule has 1 aliphatic rings. The van der Waals surface area contributed by atoms with Gasteiger partial charge in [-0.25, -0.2) is 4.79 Å². The molecule has 3 rings (SSSR count). The molecule has 2 aromatic carbocycles. The molecule has 126 valence electrons. The number of carbonyl (C=O) groups is 4. The fraction of sp³-hybridized carbons (Fsp3) is 0.0588. The molecule has 0 aliphatic carbocycles. The van der Waals surface area contributed by atoms with E-state index in [0.29, 0.717) is 5.06 Å². The van der Waals surface area contributed by atoms with Crippen LogP contribution in [0.25, 0.3) is 0 Å². The van der Waals surface area contributed by atoms with E-state index in [1.807, 2.05) is 0 Å². The summed E-state index contributed by atoms with van der Waals surface area (Å²) >= 11 is 5.89. The first-order chi connectivity index (χ1) is 12.0. The van der Waals surface area contributed by atoms with Crippen LogP contribution >= 0.6 is 11.6 Å². The molecular formula is C17H11ClN2O5. The standard InChI is InChI=1S/C17H11ClN2O5/c18-13-8-4-3-7-12(13)15(22)19-9-14(21)25-20-16(23)10-5-1-2-6-11(10)17(20)24/h1-8H,9H2,(H,19,22). The molecule has 25 heavy (non-hydrogen) atoms. The number of benzene rings is 2. The normalized spacial score (nSPS) is 12.8. The molecule has 2 aromatic rings. The summed E-state index contributed by atoms with van der Waals surface area (Å²) in [5, 5.41) is 2.93. The number of hydroxylamine groups is 2. The van der Waals surface area contributed by atoms with Crippen molar-refractivity contribution >= 4 is 35.3 Å². The number of imide groups is 1. The van der Waals surface area contributed by atoms with Crippen molar-refractivity contribution in [1.29, 1.82) is 0 Å². The molecule has 0 bridgehead atoms. The largest absolute Gasteiger partial charge is 0.352 e. The van der Waals surface area contributed by atoms with E-state index in [2.05, 4.69) is 5.32 Å². The van der Waals surface area contributed by atoms with Gasteiger partial charge in [-0.05, 0) is 24.3 Å². The second-order valence-electron chi connectivity index (χ2n) is 5.08. The molecule has 1 aliphatic heterocycles. The molecule has 0 aromatic heterocycles. The van der Waals surface area contributed by atoms with E-state index in [0.717, 1.165) is 0 Å². The number of halogens is 1. The van der Waals surface area contributed by atoms with Crippen LogP contribution in [0, 0.1) is 0 Å². The van der Waals surface area contributed by atoms with Gasteiger partial charge in [0.1, 0.15) is 6.54 Å². The Morgan fingerprint density at radius 1 is 0.960 bits per heavy atom. The SMILES string of the molecule is O=C(CNC(=O)c1ccccc1Cl)ON1C(=O)c2ccccc2C1=O. The maximum absolute atomic E-state index is 12.1. The molecule has 0 atom stereocenters. The van der Waals surface area contributed by atoms with Crippen LogP contribution in [0.4, 0.5) is 0 Å². The number of hydrogen-bond acceptors (Lipinski definition) is 5. The van der Waals surface area contributed by atoms with Crippen molar-refractivity contribution in [2.45, 2.75) is 0 Å². The smallest absolute Gasteiger partial charge is 0.341 e. The number of fused-ring (bicyclic) bond motifs is 1. The lowest BCUT2D eigenvalue weighted by Gasteiger charge is -2.13. The molecule has 0 saturated carbocycles. The highest BCUT2D eigenvalue weighted by Gasteiger charge is 2.38. The highest BCUT2D eigenvalue weighted by molar-refractivity contribution is 6.33. The van der Waals surface area contributed by atoms with E-state index in [1.165, 1.54) is 24.3 Å². The van der Waals surface area contributed by atoms with Gasteiger partial charge >= 0.3 is 5.97 Å². The van der Waals surface area contributed by atoms with Crippen LogP contribution in [0.3, 0.4) is 0 Å². The number of hydrogen-bond donors (Lipinski definition) is 1. The Morgan fingerprint density at radius 3 is 2.12 bits per heavy atom. The van der Waals surface area contributed by atoms with Crippen LogP contribution in [0.1, 0.15) is 31.1 Å². The van der Waals surface area contributed by atoms with Crippen LogP contribution in [0.15, 0.2) is 48.5 Å². The van der Waals surface area contributed by atoms with Crippen LogP contribution in [0.5, 0.6) is 0 Å². The lowest BCUT2D eigenvalue weighted by atomic mass is 10.1. The number of carbonyl (C=O) groups excluding carboxylic acids is 4. The predicted octanol–water partition coefficient (Wildman–Crippen LogP) is 1.82. The van der Waals surface area contributed by atoms with E-state index >= 15 is 0 Å². The van der Waals surface area contributed by atoms with E-state index < -0.39 is 30.2 Å². The maximum Gasteiger partial charge on any atom is 0.352 e. The van der Waals surface area contributed by atoms with Crippen LogP contribution in [-0.4, -0.2) is 35.3 Å². The Bertz CT molecular complexity index is 861. The second kappa shape index (κ2) is 6.74. The molecular weight excluding hydrogens is 348 g/mol. The van der Waals surface area contributed by atoms with Crippen molar-refractivity contribution in [2.24, 2.45) is 0 Å². The van der Waals surface area contributed by atoms with Crippen molar-refractivity contribution in [3.63, 3.8) is 0 Å². The van der Waals surface area contributed by atoms with Crippen molar-refractivity contribution in [2.75, 3.05) is 6.54 Å². The van der Waals surface area contributed by atoms with Crippen molar-refractivity contribution in [3.05, 3.63) is 70.2 Å². The van der Waals surface area contributed by atoms with Crippen LogP contribution < -0.4 is 5.32 Å². The van der Waals surface area contributed by atoms with E-state index in [9.17, 15) is 19.2 Å². The van der Waals surface area contributed by atoms with Gasteiger partial charge in [0.25, 0.3) is 17.7 Å². The number of nitrogens with one attached hydrogen (secondary N) is 1. The molecule has 0 radical (unpaired) electrons. The minimum Gasteiger partial charge on any atom is -0.341 e. The molecule has 7 nitrogen and oxygen atoms in total. The first-order valence-corrected chi connectivity index (χ1v) is 7.58. The van der Waals surface area contributed by atoms with Gasteiger partial charge in [-0.2, -0.15) is 0 Å². The van der Waals surface area contributed by atoms with Crippen LogP contribution in [-0.2, 0) is 9.63 Å². The van der Waals surface area contributed by atoms with Crippen molar-refractivity contribution < 1.29 is 24.0 Å². The topological polar surface area (TPSA) is 92.8 Å². The molecule has 1 heterocycles. The lowest BCUT2D eigenvalue weighted by Crippen LogP contribution is -2.38. The summed E-state index contributed by atoms with van der Waals surface area (Å²) < 4.78 is 0. The zero-order valence-corrected chi connectivity index (χ0v) is 13.4. The summed E-state index contributed by atoms with van der Waals surface area (Å²) in [5.74, 6) is -3.00. The predicted molar refractivity (Wildman–Crippen MR) is 86.8 cm³/mol. The van der Waals surface area contributed by atoms with Gasteiger partial charge in [0.2, 0.25) is 0 Å². The quantitative estimate of drug-likeness (QED) is 0.842. The first-order valence-electron chi connectivity index (χ1n) is 7.20. The van der Waals surface area contributed by atoms with Gasteiger partial charge in [0.15, 0.2) is 0 Å². The molecule has 0 spiro atoms. The van der Waals surface area contributed by atoms with Gasteiger partial charge in [-0.15, -0.1) is 0 Å². The zero-order chi connectivity index (χ0) is 18.0. The summed E-state index contributed by atoms with van der Waals surface area (Å²) in [4.78, 5) is 52.7. The zero-order valence-electron chi connectivity index (χ0n) is 12.7.